The summed E-state index contributed by atoms with van der Waals surface area (Å²) < 4.78 is 22.0. The van der Waals surface area contributed by atoms with Crippen molar-refractivity contribution in [3.05, 3.63) is 59.0 Å². The summed E-state index contributed by atoms with van der Waals surface area (Å²) in [5, 5.41) is 7.00. The van der Waals surface area contributed by atoms with Crippen LogP contribution in [0.2, 0.25) is 0 Å². The Labute approximate surface area is 230 Å². The third-order valence-electron chi connectivity index (χ3n) is 6.93. The van der Waals surface area contributed by atoms with E-state index in [4.69, 9.17) is 15.5 Å². The molecule has 208 valence electrons. The molecule has 2 amide bonds. The van der Waals surface area contributed by atoms with Gasteiger partial charge >= 0.3 is 0 Å². The van der Waals surface area contributed by atoms with Crippen molar-refractivity contribution >= 4 is 51.7 Å². The van der Waals surface area contributed by atoms with Crippen LogP contribution in [0.1, 0.15) is 21.6 Å². The topological polar surface area (TPSA) is 131 Å². The third kappa shape index (κ3) is 4.89. The number of likely N-dealkylation sites (N-methyl/N-ethyl adjacent to an activating group) is 1. The molecule has 12 heteroatoms. The number of rotatable bonds is 8. The largest absolute Gasteiger partial charge is 0.495 e. The van der Waals surface area contributed by atoms with Crippen molar-refractivity contribution in [1.29, 1.82) is 0 Å². The van der Waals surface area contributed by atoms with Gasteiger partial charge in [-0.05, 0) is 63.3 Å². The summed E-state index contributed by atoms with van der Waals surface area (Å²) in [4.78, 5) is 37.9. The van der Waals surface area contributed by atoms with Gasteiger partial charge in [-0.2, -0.15) is 9.97 Å². The van der Waals surface area contributed by atoms with Crippen molar-refractivity contribution in [1.82, 2.24) is 19.4 Å². The summed E-state index contributed by atoms with van der Waals surface area (Å²) >= 11 is 0. The van der Waals surface area contributed by atoms with E-state index >= 15 is 0 Å². The number of aryl methyl sites for hydroxylation is 2. The molecule has 3 heterocycles. The number of carbonyl (C=O) groups is 2. The van der Waals surface area contributed by atoms with Gasteiger partial charge in [-0.15, -0.1) is 0 Å². The number of primary amides is 1. The van der Waals surface area contributed by atoms with Crippen molar-refractivity contribution in [2.75, 3.05) is 49.8 Å². The predicted octanol–water partition coefficient (Wildman–Crippen LogP) is 3.46. The lowest BCUT2D eigenvalue weighted by Gasteiger charge is -2.21. The molecule has 0 saturated heterocycles. The molecule has 2 aromatic heterocycles. The predicted molar refractivity (Wildman–Crippen MR) is 152 cm³/mol. The van der Waals surface area contributed by atoms with Crippen molar-refractivity contribution in [3.63, 3.8) is 0 Å². The van der Waals surface area contributed by atoms with Crippen LogP contribution in [0, 0.1) is 12.7 Å². The SMILES string of the molecule is COc1cc2c(cc1Nc1nc(Nc3cccc(F)c3C(N)=O)c3cc(C)n(C)c3n1)N(C(=O)CN(C)C)CC2. The second kappa shape index (κ2) is 10.5. The zero-order valence-corrected chi connectivity index (χ0v) is 23.0. The highest BCUT2D eigenvalue weighted by atomic mass is 19.1. The number of anilines is 5. The zero-order chi connectivity index (χ0) is 28.7. The second-order valence-electron chi connectivity index (χ2n) is 9.97. The molecule has 4 aromatic rings. The first-order valence-corrected chi connectivity index (χ1v) is 12.7. The van der Waals surface area contributed by atoms with Gasteiger partial charge in [0, 0.05) is 25.0 Å². The smallest absolute Gasteiger partial charge is 0.253 e. The maximum absolute atomic E-state index is 14.5. The van der Waals surface area contributed by atoms with Gasteiger partial charge in [0.25, 0.3) is 5.91 Å². The normalized spacial score (nSPS) is 12.6. The van der Waals surface area contributed by atoms with Crippen molar-refractivity contribution in [2.24, 2.45) is 12.8 Å². The minimum absolute atomic E-state index is 0.00339. The van der Waals surface area contributed by atoms with E-state index in [0.29, 0.717) is 41.4 Å². The monoisotopic (exact) mass is 546 g/mol. The Hall–Kier alpha value is -4.71. The number of halogens is 1. The van der Waals surface area contributed by atoms with E-state index < -0.39 is 11.7 Å². The molecular weight excluding hydrogens is 515 g/mol. The maximum atomic E-state index is 14.5. The van der Waals surface area contributed by atoms with Gasteiger partial charge in [0.1, 0.15) is 23.0 Å². The van der Waals surface area contributed by atoms with E-state index in [0.717, 1.165) is 23.4 Å². The number of carbonyl (C=O) groups excluding carboxylic acids is 2. The molecule has 11 nitrogen and oxygen atoms in total. The Morgan fingerprint density at radius 3 is 2.62 bits per heavy atom. The quantitative estimate of drug-likeness (QED) is 0.306. The molecule has 5 rings (SSSR count). The van der Waals surface area contributed by atoms with Crippen LogP contribution in [-0.4, -0.2) is 65.5 Å². The van der Waals surface area contributed by atoms with Crippen LogP contribution in [0.5, 0.6) is 5.75 Å². The van der Waals surface area contributed by atoms with E-state index in [1.807, 2.05) is 55.7 Å². The first-order chi connectivity index (χ1) is 19.1. The fourth-order valence-corrected chi connectivity index (χ4v) is 4.89. The van der Waals surface area contributed by atoms with Crippen LogP contribution in [-0.2, 0) is 18.3 Å². The highest BCUT2D eigenvalue weighted by Gasteiger charge is 2.27. The summed E-state index contributed by atoms with van der Waals surface area (Å²) in [6.45, 7) is 2.81. The van der Waals surface area contributed by atoms with Crippen LogP contribution in [0.25, 0.3) is 11.0 Å². The van der Waals surface area contributed by atoms with Crippen LogP contribution in [0.15, 0.2) is 36.4 Å². The second-order valence-corrected chi connectivity index (χ2v) is 9.97. The molecule has 1 aliphatic heterocycles. The lowest BCUT2D eigenvalue weighted by molar-refractivity contribution is -0.119. The van der Waals surface area contributed by atoms with Gasteiger partial charge < -0.3 is 35.5 Å². The molecule has 0 fully saturated rings. The van der Waals surface area contributed by atoms with Gasteiger partial charge in [-0.1, -0.05) is 6.07 Å². The Morgan fingerprint density at radius 2 is 1.93 bits per heavy atom. The standard InChI is InChI=1S/C28H31FN8O3/c1-15-11-17-26(31-19-8-6-7-18(29)24(19)25(30)39)33-28(34-27(17)36(15)4)32-20-13-21-16(12-22(20)40-5)9-10-37(21)23(38)14-35(2)3/h6-8,11-13H,9-10,14H2,1-5H3,(H2,30,39)(H2,31,32,33,34). The average Bonchev–Trinajstić information content (AvgIpc) is 3.43. The van der Waals surface area contributed by atoms with Gasteiger partial charge in [-0.25, -0.2) is 4.39 Å². The van der Waals surface area contributed by atoms with Gasteiger partial charge in [0.2, 0.25) is 11.9 Å². The molecule has 0 aliphatic carbocycles. The molecule has 0 unspecified atom stereocenters. The molecule has 0 atom stereocenters. The van der Waals surface area contributed by atoms with Crippen LogP contribution < -0.4 is 26.0 Å². The molecular formula is C28H31FN8O3. The number of nitrogens with zero attached hydrogens (tertiary/aromatic N) is 5. The van der Waals surface area contributed by atoms with E-state index in [1.165, 1.54) is 12.1 Å². The Morgan fingerprint density at radius 1 is 1.15 bits per heavy atom. The molecule has 0 radical (unpaired) electrons. The van der Waals surface area contributed by atoms with Crippen molar-refractivity contribution in [2.45, 2.75) is 13.3 Å². The van der Waals surface area contributed by atoms with Crippen LogP contribution in [0.3, 0.4) is 0 Å². The minimum atomic E-state index is -0.898. The highest BCUT2D eigenvalue weighted by Crippen LogP contribution is 2.39. The summed E-state index contributed by atoms with van der Waals surface area (Å²) in [5.41, 5.74) is 9.30. The summed E-state index contributed by atoms with van der Waals surface area (Å²) in [6.07, 6.45) is 0.722. The summed E-state index contributed by atoms with van der Waals surface area (Å²) in [5.74, 6) is -0.471. The zero-order valence-electron chi connectivity index (χ0n) is 23.0. The number of benzene rings is 2. The first kappa shape index (κ1) is 26.9. The molecule has 40 heavy (non-hydrogen) atoms. The van der Waals surface area contributed by atoms with Crippen LogP contribution >= 0.6 is 0 Å². The molecule has 0 saturated carbocycles. The first-order valence-electron chi connectivity index (χ1n) is 12.7. The van der Waals surface area contributed by atoms with E-state index in [9.17, 15) is 14.0 Å². The maximum Gasteiger partial charge on any atom is 0.253 e. The van der Waals surface area contributed by atoms with Crippen LogP contribution in [0.4, 0.5) is 33.2 Å². The number of nitrogens with two attached hydrogens (primary N) is 1. The number of fused-ring (bicyclic) bond motifs is 2. The number of hydrogen-bond donors (Lipinski definition) is 3. The van der Waals surface area contributed by atoms with E-state index in [2.05, 4.69) is 15.6 Å². The highest BCUT2D eigenvalue weighted by molar-refractivity contribution is 6.01. The van der Waals surface area contributed by atoms with Gasteiger partial charge in [-0.3, -0.25) is 9.59 Å². The van der Waals surface area contributed by atoms with E-state index in [-0.39, 0.29) is 23.1 Å². The minimum Gasteiger partial charge on any atom is -0.495 e. The Balaban J connectivity index is 1.58. The number of aromatic nitrogens is 3. The fourth-order valence-electron chi connectivity index (χ4n) is 4.89. The number of nitrogens with one attached hydrogen (secondary N) is 2. The van der Waals surface area contributed by atoms with Crippen molar-refractivity contribution < 1.29 is 18.7 Å². The Bertz CT molecular complexity index is 1650. The Kier molecular flexibility index (Phi) is 7.03. The molecule has 2 aromatic carbocycles. The average molecular weight is 547 g/mol. The number of methoxy groups -OCH3 is 1. The van der Waals surface area contributed by atoms with Crippen molar-refractivity contribution in [3.8, 4) is 5.75 Å². The molecule has 0 spiro atoms. The van der Waals surface area contributed by atoms with Gasteiger partial charge in [0.05, 0.1) is 36.0 Å². The molecule has 4 N–H and O–H groups in total. The fraction of sp³-hybridized carbons (Fsp3) is 0.286. The lowest BCUT2D eigenvalue weighted by atomic mass is 10.1. The lowest BCUT2D eigenvalue weighted by Crippen LogP contribution is -2.36. The molecule has 0 bridgehead atoms. The summed E-state index contributed by atoms with van der Waals surface area (Å²) in [7, 11) is 7.16. The number of hydrogen-bond acceptors (Lipinski definition) is 8. The number of amides is 2. The summed E-state index contributed by atoms with van der Waals surface area (Å²) in [6, 6.07) is 9.89. The number of ether oxygens (including phenoxy) is 1. The van der Waals surface area contributed by atoms with E-state index in [1.54, 1.807) is 18.1 Å². The van der Waals surface area contributed by atoms with Gasteiger partial charge in [0.15, 0.2) is 0 Å². The third-order valence-corrected chi connectivity index (χ3v) is 6.93. The molecule has 1 aliphatic rings.